The van der Waals surface area contributed by atoms with Gasteiger partial charge in [0.05, 0.1) is 6.61 Å². The number of rotatable bonds is 5. The van der Waals surface area contributed by atoms with Crippen LogP contribution in [0.5, 0.6) is 0 Å². The summed E-state index contributed by atoms with van der Waals surface area (Å²) < 4.78 is 40.0. The highest BCUT2D eigenvalue weighted by atomic mass is 19.4. The Labute approximate surface area is 117 Å². The molecule has 1 aliphatic carbocycles. The Morgan fingerprint density at radius 3 is 2.20 bits per heavy atom. The van der Waals surface area contributed by atoms with Crippen molar-refractivity contribution in [3.63, 3.8) is 0 Å². The third-order valence-electron chi connectivity index (χ3n) is 4.14. The van der Waals surface area contributed by atoms with Gasteiger partial charge >= 0.3 is 6.18 Å². The van der Waals surface area contributed by atoms with E-state index in [2.05, 4.69) is 10.1 Å². The van der Waals surface area contributed by atoms with Crippen LogP contribution in [0.3, 0.4) is 0 Å². The topological polar surface area (TPSA) is 64.3 Å². The molecule has 0 radical (unpaired) electrons. The Morgan fingerprint density at radius 1 is 1.25 bits per heavy atom. The maximum absolute atomic E-state index is 11.9. The van der Waals surface area contributed by atoms with Crippen LogP contribution in [-0.2, 0) is 9.53 Å². The molecule has 3 N–H and O–H groups in total. The van der Waals surface area contributed by atoms with Crippen molar-refractivity contribution in [2.45, 2.75) is 52.4 Å². The van der Waals surface area contributed by atoms with Crippen LogP contribution in [0.4, 0.5) is 13.2 Å². The van der Waals surface area contributed by atoms with Gasteiger partial charge in [0.2, 0.25) is 5.91 Å². The summed E-state index contributed by atoms with van der Waals surface area (Å²) in [6, 6.07) is -0.137. The number of nitrogens with two attached hydrogens (primary N) is 1. The van der Waals surface area contributed by atoms with Crippen molar-refractivity contribution in [1.29, 1.82) is 0 Å². The van der Waals surface area contributed by atoms with Crippen LogP contribution in [0.25, 0.3) is 0 Å². The molecule has 0 spiro atoms. The fraction of sp³-hybridized carbons (Fsp3) is 0.923. The largest absolute Gasteiger partial charge is 0.411 e. The number of alkyl halides is 3. The van der Waals surface area contributed by atoms with Gasteiger partial charge in [0, 0.05) is 29.3 Å². The molecule has 0 aromatic carbocycles. The summed E-state index contributed by atoms with van der Waals surface area (Å²) in [6.45, 7) is 6.29. The zero-order chi connectivity index (χ0) is 15.8. The predicted octanol–water partition coefficient (Wildman–Crippen LogP) is 1.83. The SMILES string of the molecule is CC1(C)C(N)C(C)(C)C1NC(=O)CCOCC(F)(F)F. The van der Waals surface area contributed by atoms with Gasteiger partial charge in [0.25, 0.3) is 0 Å². The second-order valence-corrected chi connectivity index (χ2v) is 6.54. The zero-order valence-corrected chi connectivity index (χ0v) is 12.3. The van der Waals surface area contributed by atoms with E-state index in [1.54, 1.807) is 0 Å². The third kappa shape index (κ3) is 3.63. The van der Waals surface area contributed by atoms with Gasteiger partial charge in [-0.05, 0) is 0 Å². The summed E-state index contributed by atoms with van der Waals surface area (Å²) in [6.07, 6.45) is -4.45. The summed E-state index contributed by atoms with van der Waals surface area (Å²) >= 11 is 0. The molecule has 0 heterocycles. The molecule has 4 nitrogen and oxygen atoms in total. The van der Waals surface area contributed by atoms with Crippen LogP contribution in [0.15, 0.2) is 0 Å². The van der Waals surface area contributed by atoms with E-state index < -0.39 is 12.8 Å². The van der Waals surface area contributed by atoms with Gasteiger partial charge in [-0.3, -0.25) is 4.79 Å². The van der Waals surface area contributed by atoms with Crippen LogP contribution in [0, 0.1) is 10.8 Å². The van der Waals surface area contributed by atoms with E-state index in [1.165, 1.54) is 0 Å². The van der Waals surface area contributed by atoms with Gasteiger partial charge in [-0.15, -0.1) is 0 Å². The van der Waals surface area contributed by atoms with Crippen molar-refractivity contribution in [2.24, 2.45) is 16.6 Å². The molecule has 0 saturated heterocycles. The zero-order valence-electron chi connectivity index (χ0n) is 12.3. The number of hydrogen-bond donors (Lipinski definition) is 2. The van der Waals surface area contributed by atoms with Gasteiger partial charge in [0.1, 0.15) is 6.61 Å². The van der Waals surface area contributed by atoms with E-state index in [9.17, 15) is 18.0 Å². The number of halogens is 3. The van der Waals surface area contributed by atoms with E-state index in [-0.39, 0.29) is 41.8 Å². The van der Waals surface area contributed by atoms with Crippen molar-refractivity contribution in [2.75, 3.05) is 13.2 Å². The first-order valence-electron chi connectivity index (χ1n) is 6.58. The van der Waals surface area contributed by atoms with Gasteiger partial charge in [0.15, 0.2) is 0 Å². The number of nitrogens with one attached hydrogen (secondary N) is 1. The molecular weight excluding hydrogens is 273 g/mol. The molecule has 0 aromatic rings. The summed E-state index contributed by atoms with van der Waals surface area (Å²) in [4.78, 5) is 11.7. The molecule has 0 aromatic heterocycles. The van der Waals surface area contributed by atoms with Crippen LogP contribution in [0.1, 0.15) is 34.1 Å². The number of ether oxygens (including phenoxy) is 1. The normalized spacial score (nSPS) is 27.8. The van der Waals surface area contributed by atoms with Crippen LogP contribution in [0.2, 0.25) is 0 Å². The second-order valence-electron chi connectivity index (χ2n) is 6.54. The van der Waals surface area contributed by atoms with E-state index in [4.69, 9.17) is 5.73 Å². The van der Waals surface area contributed by atoms with Gasteiger partial charge in [-0.2, -0.15) is 13.2 Å². The molecule has 0 aliphatic heterocycles. The van der Waals surface area contributed by atoms with Crippen molar-refractivity contribution in [3.05, 3.63) is 0 Å². The van der Waals surface area contributed by atoms with Crippen LogP contribution < -0.4 is 11.1 Å². The van der Waals surface area contributed by atoms with Crippen LogP contribution in [-0.4, -0.2) is 37.4 Å². The quantitative estimate of drug-likeness (QED) is 0.761. The molecule has 0 atom stereocenters. The Morgan fingerprint density at radius 2 is 1.75 bits per heavy atom. The summed E-state index contributed by atoms with van der Waals surface area (Å²) in [5, 5.41) is 2.84. The molecule has 0 unspecified atom stereocenters. The summed E-state index contributed by atoms with van der Waals surface area (Å²) in [5.74, 6) is -0.315. The minimum atomic E-state index is -4.36. The Bertz CT molecular complexity index is 351. The minimum Gasteiger partial charge on any atom is -0.372 e. The predicted molar refractivity (Wildman–Crippen MR) is 69.0 cm³/mol. The van der Waals surface area contributed by atoms with Gasteiger partial charge in [-0.25, -0.2) is 0 Å². The van der Waals surface area contributed by atoms with Crippen molar-refractivity contribution in [1.82, 2.24) is 5.32 Å². The smallest absolute Gasteiger partial charge is 0.372 e. The molecular formula is C13H23F3N2O2. The number of amides is 1. The Balaban J connectivity index is 2.36. The van der Waals surface area contributed by atoms with Crippen molar-refractivity contribution in [3.8, 4) is 0 Å². The summed E-state index contributed by atoms with van der Waals surface area (Å²) in [7, 11) is 0. The second kappa shape index (κ2) is 5.52. The summed E-state index contributed by atoms with van der Waals surface area (Å²) in [5.41, 5.74) is 5.61. The molecule has 7 heteroatoms. The highest BCUT2D eigenvalue weighted by molar-refractivity contribution is 5.76. The first kappa shape index (κ1) is 17.2. The lowest BCUT2D eigenvalue weighted by Crippen LogP contribution is -2.76. The average molecular weight is 296 g/mol. The fourth-order valence-electron chi connectivity index (χ4n) is 3.14. The highest BCUT2D eigenvalue weighted by Gasteiger charge is 2.60. The molecule has 1 saturated carbocycles. The third-order valence-corrected chi connectivity index (χ3v) is 4.14. The van der Waals surface area contributed by atoms with Gasteiger partial charge < -0.3 is 15.8 Å². The molecule has 1 aliphatic rings. The van der Waals surface area contributed by atoms with E-state index >= 15 is 0 Å². The lowest BCUT2D eigenvalue weighted by molar-refractivity contribution is -0.175. The van der Waals surface area contributed by atoms with Gasteiger partial charge in [-0.1, -0.05) is 27.7 Å². The first-order chi connectivity index (χ1) is 8.89. The molecule has 20 heavy (non-hydrogen) atoms. The van der Waals surface area contributed by atoms with Crippen LogP contribution >= 0.6 is 0 Å². The average Bonchev–Trinajstić information content (AvgIpc) is 2.29. The maximum Gasteiger partial charge on any atom is 0.411 e. The first-order valence-corrected chi connectivity index (χ1v) is 6.58. The molecule has 1 fully saturated rings. The monoisotopic (exact) mass is 296 g/mol. The highest BCUT2D eigenvalue weighted by Crippen LogP contribution is 2.52. The molecule has 118 valence electrons. The van der Waals surface area contributed by atoms with E-state index in [0.29, 0.717) is 0 Å². The number of carbonyl (C=O) groups excluding carboxylic acids is 1. The van der Waals surface area contributed by atoms with E-state index in [1.807, 2.05) is 27.7 Å². The lowest BCUT2D eigenvalue weighted by atomic mass is 9.48. The molecule has 1 rings (SSSR count). The molecule has 0 bridgehead atoms. The Kier molecular flexibility index (Phi) is 4.76. The standard InChI is InChI=1S/C13H23F3N2O2/c1-11(2)9(17)12(3,4)10(11)18-8(19)5-6-20-7-13(14,15)16/h9-10H,5-7,17H2,1-4H3,(H,18,19). The van der Waals surface area contributed by atoms with Crippen molar-refractivity contribution >= 4 is 5.91 Å². The Hall–Kier alpha value is -0.820. The number of carbonyl (C=O) groups is 1. The number of hydrogen-bond acceptors (Lipinski definition) is 3. The molecule has 1 amide bonds. The minimum absolute atomic E-state index is 0.0400. The van der Waals surface area contributed by atoms with Crippen molar-refractivity contribution < 1.29 is 22.7 Å². The van der Waals surface area contributed by atoms with E-state index in [0.717, 1.165) is 0 Å². The maximum atomic E-state index is 11.9. The lowest BCUT2D eigenvalue weighted by Gasteiger charge is -2.62. The fourth-order valence-corrected chi connectivity index (χ4v) is 3.14.